The van der Waals surface area contributed by atoms with Gasteiger partial charge in [0.15, 0.2) is 0 Å². The maximum absolute atomic E-state index is 11.9. The number of nitrogens with one attached hydrogen (secondary N) is 2. The summed E-state index contributed by atoms with van der Waals surface area (Å²) in [5, 5.41) is 5.53. The Balaban J connectivity index is 1.62. The van der Waals surface area contributed by atoms with Crippen LogP contribution in [0.1, 0.15) is 18.4 Å². The van der Waals surface area contributed by atoms with Crippen molar-refractivity contribution < 1.29 is 9.59 Å². The smallest absolute Gasteiger partial charge is 0.239 e. The van der Waals surface area contributed by atoms with Crippen LogP contribution in [0.2, 0.25) is 0 Å². The van der Waals surface area contributed by atoms with Crippen LogP contribution in [0.4, 0.5) is 0 Å². The van der Waals surface area contributed by atoms with Crippen LogP contribution in [0.15, 0.2) is 30.3 Å². The minimum absolute atomic E-state index is 0.0480. The largest absolute Gasteiger partial charge is 0.354 e. The SMILES string of the molecule is CN1CCCC1C(=O)NCC(=O)NCCc1ccccc1. The first kappa shape index (κ1) is 15.5. The van der Waals surface area contributed by atoms with Crippen LogP contribution < -0.4 is 10.6 Å². The lowest BCUT2D eigenvalue weighted by atomic mass is 10.1. The number of likely N-dealkylation sites (tertiary alicyclic amines) is 1. The fraction of sp³-hybridized carbons (Fsp3) is 0.500. The van der Waals surface area contributed by atoms with E-state index >= 15 is 0 Å². The number of carbonyl (C=O) groups is 2. The first-order valence-corrected chi connectivity index (χ1v) is 7.45. The average Bonchev–Trinajstić information content (AvgIpc) is 2.92. The van der Waals surface area contributed by atoms with Gasteiger partial charge in [0.2, 0.25) is 11.8 Å². The van der Waals surface area contributed by atoms with E-state index in [4.69, 9.17) is 0 Å². The molecule has 21 heavy (non-hydrogen) atoms. The molecule has 0 radical (unpaired) electrons. The highest BCUT2D eigenvalue weighted by Crippen LogP contribution is 2.14. The fourth-order valence-electron chi connectivity index (χ4n) is 2.58. The third-order valence-electron chi connectivity index (χ3n) is 3.82. The Morgan fingerprint density at radius 2 is 2.00 bits per heavy atom. The van der Waals surface area contributed by atoms with Crippen molar-refractivity contribution in [3.63, 3.8) is 0 Å². The molecule has 0 saturated carbocycles. The zero-order valence-corrected chi connectivity index (χ0v) is 12.5. The summed E-state index contributed by atoms with van der Waals surface area (Å²) in [6, 6.07) is 9.91. The van der Waals surface area contributed by atoms with Crippen molar-refractivity contribution in [2.75, 3.05) is 26.7 Å². The number of amides is 2. The molecule has 2 N–H and O–H groups in total. The number of nitrogens with zero attached hydrogens (tertiary/aromatic N) is 1. The van der Waals surface area contributed by atoms with E-state index < -0.39 is 0 Å². The Bertz CT molecular complexity index is 476. The molecule has 1 aromatic carbocycles. The Morgan fingerprint density at radius 3 is 2.67 bits per heavy atom. The molecule has 114 valence electrons. The second kappa shape index (κ2) is 7.78. The molecule has 5 heteroatoms. The summed E-state index contributed by atoms with van der Waals surface area (Å²) in [5.74, 6) is -0.187. The quantitative estimate of drug-likeness (QED) is 0.804. The van der Waals surface area contributed by atoms with Crippen molar-refractivity contribution in [1.29, 1.82) is 0 Å². The van der Waals surface area contributed by atoms with Crippen molar-refractivity contribution in [3.05, 3.63) is 35.9 Å². The molecule has 1 aromatic rings. The summed E-state index contributed by atoms with van der Waals surface area (Å²) in [5.41, 5.74) is 1.19. The first-order valence-electron chi connectivity index (χ1n) is 7.45. The van der Waals surface area contributed by atoms with Crippen LogP contribution in [0.3, 0.4) is 0 Å². The van der Waals surface area contributed by atoms with Gasteiger partial charge in [0.05, 0.1) is 12.6 Å². The summed E-state index contributed by atoms with van der Waals surface area (Å²) >= 11 is 0. The average molecular weight is 289 g/mol. The van der Waals surface area contributed by atoms with Crippen molar-refractivity contribution in [3.8, 4) is 0 Å². The highest BCUT2D eigenvalue weighted by atomic mass is 16.2. The van der Waals surface area contributed by atoms with Crippen molar-refractivity contribution in [1.82, 2.24) is 15.5 Å². The number of carbonyl (C=O) groups excluding carboxylic acids is 2. The van der Waals surface area contributed by atoms with E-state index in [1.54, 1.807) is 0 Å². The second-order valence-electron chi connectivity index (χ2n) is 5.44. The highest BCUT2D eigenvalue weighted by Gasteiger charge is 2.27. The molecule has 0 bridgehead atoms. The van der Waals surface area contributed by atoms with Crippen LogP contribution >= 0.6 is 0 Å². The summed E-state index contributed by atoms with van der Waals surface area (Å²) in [7, 11) is 1.94. The van der Waals surface area contributed by atoms with Gasteiger partial charge in [-0.15, -0.1) is 0 Å². The lowest BCUT2D eigenvalue weighted by molar-refractivity contribution is -0.128. The summed E-state index contributed by atoms with van der Waals surface area (Å²) in [6.45, 7) is 1.58. The molecule has 5 nitrogen and oxygen atoms in total. The van der Waals surface area contributed by atoms with Gasteiger partial charge in [0.25, 0.3) is 0 Å². The zero-order valence-electron chi connectivity index (χ0n) is 12.5. The minimum Gasteiger partial charge on any atom is -0.354 e. The van der Waals surface area contributed by atoms with Crippen molar-refractivity contribution in [2.24, 2.45) is 0 Å². The van der Waals surface area contributed by atoms with E-state index in [2.05, 4.69) is 10.6 Å². The molecule has 0 aliphatic carbocycles. The first-order chi connectivity index (χ1) is 10.2. The predicted octanol–water partition coefficient (Wildman–Crippen LogP) is 0.556. The molecule has 0 aromatic heterocycles. The number of rotatable bonds is 6. The van der Waals surface area contributed by atoms with E-state index in [1.165, 1.54) is 5.56 Å². The molecule has 2 rings (SSSR count). The molecule has 1 aliphatic rings. The molecular formula is C16H23N3O2. The number of likely N-dealkylation sites (N-methyl/N-ethyl adjacent to an activating group) is 1. The maximum Gasteiger partial charge on any atom is 0.239 e. The molecular weight excluding hydrogens is 266 g/mol. The van der Waals surface area contributed by atoms with Crippen LogP contribution in [-0.2, 0) is 16.0 Å². The summed E-state index contributed by atoms with van der Waals surface area (Å²) in [6.07, 6.45) is 2.71. The van der Waals surface area contributed by atoms with Crippen molar-refractivity contribution >= 4 is 11.8 Å². The fourth-order valence-corrected chi connectivity index (χ4v) is 2.58. The Labute approximate surface area is 125 Å². The van der Waals surface area contributed by atoms with Gasteiger partial charge in [-0.1, -0.05) is 30.3 Å². The predicted molar refractivity (Wildman–Crippen MR) is 81.8 cm³/mol. The molecule has 1 fully saturated rings. The lowest BCUT2D eigenvalue weighted by Crippen LogP contribution is -2.45. The molecule has 1 saturated heterocycles. The van der Waals surface area contributed by atoms with Crippen LogP contribution in [0.5, 0.6) is 0 Å². The summed E-state index contributed by atoms with van der Waals surface area (Å²) in [4.78, 5) is 25.6. The topological polar surface area (TPSA) is 61.4 Å². The van der Waals surface area contributed by atoms with E-state index in [-0.39, 0.29) is 24.4 Å². The number of hydrogen-bond acceptors (Lipinski definition) is 3. The van der Waals surface area contributed by atoms with Gasteiger partial charge in [-0.25, -0.2) is 0 Å². The Hall–Kier alpha value is -1.88. The molecule has 1 atom stereocenters. The Kier molecular flexibility index (Phi) is 5.75. The van der Waals surface area contributed by atoms with Crippen LogP contribution in [0, 0.1) is 0 Å². The van der Waals surface area contributed by atoms with Gasteiger partial charge in [0, 0.05) is 6.54 Å². The molecule has 1 heterocycles. The standard InChI is InChI=1S/C16H23N3O2/c1-19-11-5-8-14(19)16(21)18-12-15(20)17-10-9-13-6-3-2-4-7-13/h2-4,6-7,14H,5,8-12H2,1H3,(H,17,20)(H,18,21). The van der Waals surface area contributed by atoms with E-state index in [9.17, 15) is 9.59 Å². The lowest BCUT2D eigenvalue weighted by Gasteiger charge is -2.18. The van der Waals surface area contributed by atoms with Gasteiger partial charge >= 0.3 is 0 Å². The third kappa shape index (κ3) is 4.86. The number of benzene rings is 1. The molecule has 0 spiro atoms. The normalized spacial score (nSPS) is 18.4. The van der Waals surface area contributed by atoms with Crippen molar-refractivity contribution in [2.45, 2.75) is 25.3 Å². The maximum atomic E-state index is 11.9. The Morgan fingerprint density at radius 1 is 1.24 bits per heavy atom. The zero-order chi connectivity index (χ0) is 15.1. The van der Waals surface area contributed by atoms with Gasteiger partial charge in [0.1, 0.15) is 0 Å². The van der Waals surface area contributed by atoms with E-state index in [1.807, 2.05) is 42.3 Å². The van der Waals surface area contributed by atoms with Gasteiger partial charge in [-0.05, 0) is 38.4 Å². The molecule has 2 amide bonds. The van der Waals surface area contributed by atoms with Crippen LogP contribution in [-0.4, -0.2) is 49.4 Å². The minimum atomic E-state index is -0.139. The van der Waals surface area contributed by atoms with E-state index in [0.717, 1.165) is 25.8 Å². The highest BCUT2D eigenvalue weighted by molar-refractivity contribution is 5.87. The monoisotopic (exact) mass is 289 g/mol. The van der Waals surface area contributed by atoms with Gasteiger partial charge in [-0.3, -0.25) is 14.5 Å². The van der Waals surface area contributed by atoms with Gasteiger partial charge < -0.3 is 10.6 Å². The molecule has 1 aliphatic heterocycles. The second-order valence-corrected chi connectivity index (χ2v) is 5.44. The third-order valence-corrected chi connectivity index (χ3v) is 3.82. The summed E-state index contributed by atoms with van der Waals surface area (Å²) < 4.78 is 0. The van der Waals surface area contributed by atoms with Gasteiger partial charge in [-0.2, -0.15) is 0 Å². The molecule has 1 unspecified atom stereocenters. The number of hydrogen-bond donors (Lipinski definition) is 2. The van der Waals surface area contributed by atoms with E-state index in [0.29, 0.717) is 6.54 Å². The van der Waals surface area contributed by atoms with Crippen LogP contribution in [0.25, 0.3) is 0 Å².